The van der Waals surface area contributed by atoms with Crippen molar-refractivity contribution in [3.63, 3.8) is 0 Å². The maximum absolute atomic E-state index is 11.4. The standard InChI is InChI=1S/C12H23O8P/c1-17-11(13)7-3-5-9-19-21(15,16)20-10-6-4-8-12(14)18-2/h3-10H2,1-2H3,(H,15,16). The molecule has 0 unspecified atom stereocenters. The first-order chi connectivity index (χ1) is 9.91. The highest BCUT2D eigenvalue weighted by Crippen LogP contribution is 2.43. The van der Waals surface area contributed by atoms with Crippen molar-refractivity contribution in [2.45, 2.75) is 38.5 Å². The van der Waals surface area contributed by atoms with Crippen molar-refractivity contribution >= 4 is 19.8 Å². The summed E-state index contributed by atoms with van der Waals surface area (Å²) in [6, 6.07) is 0. The van der Waals surface area contributed by atoms with E-state index in [0.29, 0.717) is 25.7 Å². The third kappa shape index (κ3) is 12.5. The van der Waals surface area contributed by atoms with E-state index in [2.05, 4.69) is 9.47 Å². The molecule has 0 fully saturated rings. The molecule has 0 heterocycles. The summed E-state index contributed by atoms with van der Waals surface area (Å²) in [6.45, 7) is 0.0415. The molecule has 9 heteroatoms. The van der Waals surface area contributed by atoms with Gasteiger partial charge in [0.25, 0.3) is 0 Å². The summed E-state index contributed by atoms with van der Waals surface area (Å²) in [5.74, 6) is -0.659. The van der Waals surface area contributed by atoms with Crippen LogP contribution in [-0.2, 0) is 32.7 Å². The highest BCUT2D eigenvalue weighted by molar-refractivity contribution is 7.47. The third-order valence-electron chi connectivity index (χ3n) is 2.51. The van der Waals surface area contributed by atoms with Crippen molar-refractivity contribution in [3.05, 3.63) is 0 Å². The number of hydrogen-bond acceptors (Lipinski definition) is 7. The Hall–Kier alpha value is -0.950. The molecule has 0 saturated heterocycles. The van der Waals surface area contributed by atoms with Crippen molar-refractivity contribution in [3.8, 4) is 0 Å². The van der Waals surface area contributed by atoms with Gasteiger partial charge in [-0.25, -0.2) is 4.57 Å². The first-order valence-corrected chi connectivity index (χ1v) is 8.16. The second-order valence-corrected chi connectivity index (χ2v) is 5.65. The Morgan fingerprint density at radius 1 is 0.857 bits per heavy atom. The van der Waals surface area contributed by atoms with E-state index in [0.717, 1.165) is 0 Å². The van der Waals surface area contributed by atoms with Gasteiger partial charge in [0.2, 0.25) is 0 Å². The zero-order valence-corrected chi connectivity index (χ0v) is 13.3. The lowest BCUT2D eigenvalue weighted by atomic mass is 10.2. The van der Waals surface area contributed by atoms with Gasteiger partial charge in [-0.1, -0.05) is 0 Å². The monoisotopic (exact) mass is 326 g/mol. The van der Waals surface area contributed by atoms with E-state index in [4.69, 9.17) is 9.05 Å². The number of hydrogen-bond donors (Lipinski definition) is 1. The molecule has 0 spiro atoms. The van der Waals surface area contributed by atoms with Crippen LogP contribution in [0.15, 0.2) is 0 Å². The molecule has 0 radical (unpaired) electrons. The number of phosphoric ester groups is 1. The summed E-state index contributed by atoms with van der Waals surface area (Å²) < 4.78 is 29.8. The average molecular weight is 326 g/mol. The fraction of sp³-hybridized carbons (Fsp3) is 0.833. The fourth-order valence-electron chi connectivity index (χ4n) is 1.34. The third-order valence-corrected chi connectivity index (χ3v) is 3.53. The molecule has 0 aromatic heterocycles. The molecule has 0 rings (SSSR count). The lowest BCUT2D eigenvalue weighted by Gasteiger charge is -2.11. The summed E-state index contributed by atoms with van der Waals surface area (Å²) >= 11 is 0. The second-order valence-electron chi connectivity index (χ2n) is 4.20. The van der Waals surface area contributed by atoms with Crippen LogP contribution in [0, 0.1) is 0 Å². The summed E-state index contributed by atoms with van der Waals surface area (Å²) in [5, 5.41) is 0. The highest BCUT2D eigenvalue weighted by Gasteiger charge is 2.20. The van der Waals surface area contributed by atoms with E-state index in [1.165, 1.54) is 14.2 Å². The molecule has 0 saturated carbocycles. The van der Waals surface area contributed by atoms with Gasteiger partial charge in [0.1, 0.15) is 0 Å². The molecular formula is C12H23O8P. The van der Waals surface area contributed by atoms with Crippen LogP contribution in [0.3, 0.4) is 0 Å². The first kappa shape index (κ1) is 20.1. The van der Waals surface area contributed by atoms with Crippen molar-refractivity contribution in [2.75, 3.05) is 27.4 Å². The molecule has 0 atom stereocenters. The number of ether oxygens (including phenoxy) is 2. The smallest absolute Gasteiger partial charge is 0.469 e. The molecule has 0 aliphatic rings. The van der Waals surface area contributed by atoms with Gasteiger partial charge in [-0.05, 0) is 25.7 Å². The molecule has 8 nitrogen and oxygen atoms in total. The van der Waals surface area contributed by atoms with Crippen LogP contribution in [0.25, 0.3) is 0 Å². The summed E-state index contributed by atoms with van der Waals surface area (Å²) in [7, 11) is -1.47. The van der Waals surface area contributed by atoms with Crippen molar-refractivity contribution in [2.24, 2.45) is 0 Å². The minimum absolute atomic E-state index is 0.0208. The lowest BCUT2D eigenvalue weighted by molar-refractivity contribution is -0.141. The number of esters is 2. The molecule has 0 amide bonds. The van der Waals surface area contributed by atoms with Crippen molar-refractivity contribution in [1.82, 2.24) is 0 Å². The SMILES string of the molecule is COC(=O)CCCCOP(=O)(O)OCCCCC(=O)OC. The molecule has 0 aromatic carbocycles. The largest absolute Gasteiger partial charge is 0.472 e. The molecule has 21 heavy (non-hydrogen) atoms. The predicted octanol–water partition coefficient (Wildman–Crippen LogP) is 1.81. The van der Waals surface area contributed by atoms with Crippen LogP contribution >= 0.6 is 7.82 Å². The van der Waals surface area contributed by atoms with Crippen molar-refractivity contribution < 1.29 is 37.6 Å². The maximum Gasteiger partial charge on any atom is 0.472 e. The first-order valence-electron chi connectivity index (χ1n) is 6.67. The molecule has 124 valence electrons. The zero-order chi connectivity index (χ0) is 16.1. The molecular weight excluding hydrogens is 303 g/mol. The van der Waals surface area contributed by atoms with Crippen molar-refractivity contribution in [1.29, 1.82) is 0 Å². The molecule has 0 aromatic rings. The normalized spacial score (nSPS) is 11.2. The fourth-order valence-corrected chi connectivity index (χ4v) is 2.14. The van der Waals surface area contributed by atoms with Gasteiger partial charge in [-0.15, -0.1) is 0 Å². The van der Waals surface area contributed by atoms with E-state index >= 15 is 0 Å². The molecule has 0 aliphatic heterocycles. The number of rotatable bonds is 12. The van der Waals surface area contributed by atoms with Gasteiger partial charge in [0.15, 0.2) is 0 Å². The van der Waals surface area contributed by atoms with Gasteiger partial charge in [-0.3, -0.25) is 18.6 Å². The van der Waals surface area contributed by atoms with Crippen LogP contribution in [-0.4, -0.2) is 44.3 Å². The minimum atomic E-state index is -4.07. The Bertz CT molecular complexity index is 327. The van der Waals surface area contributed by atoms with Crippen LogP contribution in [0.2, 0.25) is 0 Å². The number of unbranched alkanes of at least 4 members (excludes halogenated alkanes) is 2. The van der Waals surface area contributed by atoms with E-state index in [1.807, 2.05) is 0 Å². The number of carbonyl (C=O) groups excluding carboxylic acids is 2. The Morgan fingerprint density at radius 2 is 1.24 bits per heavy atom. The van der Waals surface area contributed by atoms with E-state index in [1.54, 1.807) is 0 Å². The van der Waals surface area contributed by atoms with Crippen LogP contribution in [0.1, 0.15) is 38.5 Å². The van der Waals surface area contributed by atoms with E-state index < -0.39 is 7.82 Å². The Labute approximate surface area is 124 Å². The lowest BCUT2D eigenvalue weighted by Crippen LogP contribution is -2.03. The van der Waals surface area contributed by atoms with E-state index in [-0.39, 0.29) is 38.0 Å². The topological polar surface area (TPSA) is 108 Å². The molecule has 1 N–H and O–H groups in total. The van der Waals surface area contributed by atoms with Gasteiger partial charge in [0, 0.05) is 12.8 Å². The number of carbonyl (C=O) groups is 2. The van der Waals surface area contributed by atoms with E-state index in [9.17, 15) is 19.0 Å². The average Bonchev–Trinajstić information content (AvgIpc) is 2.45. The Balaban J connectivity index is 3.58. The second kappa shape index (κ2) is 11.7. The Morgan fingerprint density at radius 3 is 1.57 bits per heavy atom. The van der Waals surface area contributed by atoms with Gasteiger partial charge in [-0.2, -0.15) is 0 Å². The Kier molecular flexibility index (Phi) is 11.2. The molecule has 0 aliphatic carbocycles. The predicted molar refractivity (Wildman–Crippen MR) is 73.5 cm³/mol. The maximum atomic E-state index is 11.4. The van der Waals surface area contributed by atoms with Crippen LogP contribution in [0.5, 0.6) is 0 Å². The van der Waals surface area contributed by atoms with Gasteiger partial charge >= 0.3 is 19.8 Å². The number of phosphoric acid groups is 1. The summed E-state index contributed by atoms with van der Waals surface area (Å²) in [4.78, 5) is 31.0. The number of methoxy groups -OCH3 is 2. The summed E-state index contributed by atoms with van der Waals surface area (Å²) in [6.07, 6.45) is 2.39. The minimum Gasteiger partial charge on any atom is -0.469 e. The quantitative estimate of drug-likeness (QED) is 0.328. The van der Waals surface area contributed by atoms with Gasteiger partial charge in [0.05, 0.1) is 27.4 Å². The molecule has 0 bridgehead atoms. The summed E-state index contributed by atoms with van der Waals surface area (Å²) in [5.41, 5.74) is 0. The van der Waals surface area contributed by atoms with Crippen LogP contribution in [0.4, 0.5) is 0 Å². The zero-order valence-electron chi connectivity index (χ0n) is 12.4. The highest BCUT2D eigenvalue weighted by atomic mass is 31.2. The van der Waals surface area contributed by atoms with Crippen LogP contribution < -0.4 is 0 Å². The van der Waals surface area contributed by atoms with Gasteiger partial charge < -0.3 is 14.4 Å².